The second kappa shape index (κ2) is 8.75. The molecule has 0 saturated heterocycles. The monoisotopic (exact) mass is 345 g/mol. The normalized spacial score (nSPS) is 14.6. The highest BCUT2D eigenvalue weighted by Crippen LogP contribution is 2.20. The van der Waals surface area contributed by atoms with E-state index in [0.29, 0.717) is 18.9 Å². The number of rotatable bonds is 8. The number of benzene rings is 1. The summed E-state index contributed by atoms with van der Waals surface area (Å²) in [5.74, 6) is 0.221. The van der Waals surface area contributed by atoms with Crippen molar-refractivity contribution in [1.29, 1.82) is 0 Å². The van der Waals surface area contributed by atoms with E-state index in [1.54, 1.807) is 0 Å². The van der Waals surface area contributed by atoms with E-state index in [0.717, 1.165) is 16.6 Å². The van der Waals surface area contributed by atoms with Gasteiger partial charge in [-0.3, -0.25) is 0 Å². The van der Waals surface area contributed by atoms with E-state index in [-0.39, 0.29) is 18.0 Å². The molecule has 1 aromatic carbocycles. The Bertz CT molecular complexity index is 411. The van der Waals surface area contributed by atoms with Gasteiger partial charge in [0.25, 0.3) is 0 Å². The Morgan fingerprint density at radius 1 is 1.30 bits per heavy atom. The van der Waals surface area contributed by atoms with Gasteiger partial charge in [0.1, 0.15) is 5.82 Å². The summed E-state index contributed by atoms with van der Waals surface area (Å²) in [5.41, 5.74) is 0.726. The number of ether oxygens (including phenoxy) is 1. The van der Waals surface area contributed by atoms with E-state index in [1.807, 2.05) is 19.1 Å². The van der Waals surface area contributed by atoms with Gasteiger partial charge in [0.2, 0.25) is 0 Å². The van der Waals surface area contributed by atoms with Gasteiger partial charge in [0, 0.05) is 17.1 Å². The molecule has 20 heavy (non-hydrogen) atoms. The zero-order valence-corrected chi connectivity index (χ0v) is 14.3. The zero-order valence-electron chi connectivity index (χ0n) is 12.7. The highest BCUT2D eigenvalue weighted by molar-refractivity contribution is 9.10. The summed E-state index contributed by atoms with van der Waals surface area (Å²) in [7, 11) is 0. The molecule has 0 aliphatic rings. The van der Waals surface area contributed by atoms with E-state index in [4.69, 9.17) is 4.74 Å². The van der Waals surface area contributed by atoms with Crippen LogP contribution in [0.15, 0.2) is 22.7 Å². The van der Waals surface area contributed by atoms with Gasteiger partial charge in [0.05, 0.1) is 6.10 Å². The number of nitrogens with one attached hydrogen (secondary N) is 1. The Morgan fingerprint density at radius 2 is 2.00 bits per heavy atom. The molecule has 2 atom stereocenters. The molecule has 1 aromatic rings. The number of halogens is 2. The molecule has 0 aliphatic carbocycles. The largest absolute Gasteiger partial charge is 0.377 e. The molecule has 4 heteroatoms. The van der Waals surface area contributed by atoms with Crippen molar-refractivity contribution in [2.24, 2.45) is 5.92 Å². The standard InChI is InChI=1S/C16H25BrFNO/c1-5-19-15(16(11(3)4)20-6-2)9-12-7-8-13(17)10-14(12)18/h7-8,10-11,15-16,19H,5-6,9H2,1-4H3. The number of hydrogen-bond donors (Lipinski definition) is 1. The van der Waals surface area contributed by atoms with E-state index in [9.17, 15) is 4.39 Å². The lowest BCUT2D eigenvalue weighted by molar-refractivity contribution is 0.00379. The smallest absolute Gasteiger partial charge is 0.127 e. The zero-order chi connectivity index (χ0) is 15.1. The highest BCUT2D eigenvalue weighted by Gasteiger charge is 2.25. The third-order valence-electron chi connectivity index (χ3n) is 3.33. The molecule has 0 amide bonds. The van der Waals surface area contributed by atoms with Crippen LogP contribution in [-0.2, 0) is 11.2 Å². The van der Waals surface area contributed by atoms with Crippen molar-refractivity contribution < 1.29 is 9.13 Å². The van der Waals surface area contributed by atoms with Crippen LogP contribution in [0.3, 0.4) is 0 Å². The molecule has 0 aliphatic heterocycles. The van der Waals surface area contributed by atoms with Crippen LogP contribution >= 0.6 is 15.9 Å². The fourth-order valence-electron chi connectivity index (χ4n) is 2.46. The van der Waals surface area contributed by atoms with Gasteiger partial charge in [-0.15, -0.1) is 0 Å². The van der Waals surface area contributed by atoms with Gasteiger partial charge in [-0.2, -0.15) is 0 Å². The van der Waals surface area contributed by atoms with Crippen molar-refractivity contribution in [3.63, 3.8) is 0 Å². The molecule has 0 aromatic heterocycles. The SMILES string of the molecule is CCNC(Cc1ccc(Br)cc1F)C(OCC)C(C)C. The molecule has 1 rings (SSSR count). The van der Waals surface area contributed by atoms with Crippen LogP contribution in [0.5, 0.6) is 0 Å². The molecule has 2 nitrogen and oxygen atoms in total. The van der Waals surface area contributed by atoms with Crippen molar-refractivity contribution in [2.75, 3.05) is 13.2 Å². The van der Waals surface area contributed by atoms with Gasteiger partial charge in [-0.05, 0) is 43.5 Å². The van der Waals surface area contributed by atoms with Crippen molar-refractivity contribution in [1.82, 2.24) is 5.32 Å². The van der Waals surface area contributed by atoms with Gasteiger partial charge in [-0.1, -0.05) is 42.8 Å². The molecule has 0 heterocycles. The summed E-state index contributed by atoms with van der Waals surface area (Å²) in [4.78, 5) is 0. The quantitative estimate of drug-likeness (QED) is 0.763. The van der Waals surface area contributed by atoms with Gasteiger partial charge >= 0.3 is 0 Å². The van der Waals surface area contributed by atoms with Crippen molar-refractivity contribution in [3.05, 3.63) is 34.1 Å². The Labute approximate surface area is 130 Å². The first kappa shape index (κ1) is 17.6. The van der Waals surface area contributed by atoms with Crippen molar-refractivity contribution in [3.8, 4) is 0 Å². The molecule has 0 spiro atoms. The lowest BCUT2D eigenvalue weighted by Crippen LogP contribution is -2.45. The summed E-state index contributed by atoms with van der Waals surface area (Å²) in [6.07, 6.45) is 0.721. The maximum absolute atomic E-state index is 14.0. The Hall–Kier alpha value is -0.450. The lowest BCUT2D eigenvalue weighted by Gasteiger charge is -2.31. The molecule has 0 saturated carbocycles. The first-order valence-electron chi connectivity index (χ1n) is 7.28. The van der Waals surface area contributed by atoms with E-state index >= 15 is 0 Å². The minimum absolute atomic E-state index is 0.0861. The summed E-state index contributed by atoms with van der Waals surface area (Å²) < 4.78 is 20.6. The number of likely N-dealkylation sites (N-methyl/N-ethyl adjacent to an activating group) is 1. The predicted molar refractivity (Wildman–Crippen MR) is 85.5 cm³/mol. The van der Waals surface area contributed by atoms with E-state index in [2.05, 4.69) is 42.0 Å². The second-order valence-electron chi connectivity index (χ2n) is 5.27. The fraction of sp³-hybridized carbons (Fsp3) is 0.625. The molecular formula is C16H25BrFNO. The second-order valence-corrected chi connectivity index (χ2v) is 6.18. The van der Waals surface area contributed by atoms with Crippen molar-refractivity contribution in [2.45, 2.75) is 46.3 Å². The van der Waals surface area contributed by atoms with Gasteiger partial charge in [-0.25, -0.2) is 4.39 Å². The summed E-state index contributed by atoms with van der Waals surface area (Å²) in [6.45, 7) is 9.87. The van der Waals surface area contributed by atoms with Crippen LogP contribution in [0.25, 0.3) is 0 Å². The lowest BCUT2D eigenvalue weighted by atomic mass is 9.93. The minimum Gasteiger partial charge on any atom is -0.377 e. The van der Waals surface area contributed by atoms with Crippen LogP contribution < -0.4 is 5.32 Å². The predicted octanol–water partition coefficient (Wildman–Crippen LogP) is 4.17. The van der Waals surface area contributed by atoms with Gasteiger partial charge < -0.3 is 10.1 Å². The third kappa shape index (κ3) is 5.15. The maximum atomic E-state index is 14.0. The average molecular weight is 346 g/mol. The van der Waals surface area contributed by atoms with Crippen LogP contribution in [0.2, 0.25) is 0 Å². The molecule has 0 bridgehead atoms. The Kier molecular flexibility index (Phi) is 7.70. The highest BCUT2D eigenvalue weighted by atomic mass is 79.9. The Balaban J connectivity index is 2.89. The van der Waals surface area contributed by atoms with Crippen molar-refractivity contribution >= 4 is 15.9 Å². The minimum atomic E-state index is -0.165. The molecule has 114 valence electrons. The summed E-state index contributed by atoms with van der Waals surface area (Å²) >= 11 is 3.29. The van der Waals surface area contributed by atoms with Gasteiger partial charge in [0.15, 0.2) is 0 Å². The third-order valence-corrected chi connectivity index (χ3v) is 3.83. The Morgan fingerprint density at radius 3 is 2.50 bits per heavy atom. The van der Waals surface area contributed by atoms with Crippen LogP contribution in [0.1, 0.15) is 33.3 Å². The average Bonchev–Trinajstić information content (AvgIpc) is 2.38. The topological polar surface area (TPSA) is 21.3 Å². The number of hydrogen-bond acceptors (Lipinski definition) is 2. The van der Waals surface area contributed by atoms with E-state index in [1.165, 1.54) is 6.07 Å². The molecule has 0 radical (unpaired) electrons. The molecule has 0 fully saturated rings. The first-order valence-corrected chi connectivity index (χ1v) is 8.07. The van der Waals surface area contributed by atoms with Crippen LogP contribution in [0, 0.1) is 11.7 Å². The summed E-state index contributed by atoms with van der Waals surface area (Å²) in [5, 5.41) is 3.44. The molecule has 1 N–H and O–H groups in total. The van der Waals surface area contributed by atoms with Crippen LogP contribution in [0.4, 0.5) is 4.39 Å². The fourth-order valence-corrected chi connectivity index (χ4v) is 2.79. The maximum Gasteiger partial charge on any atom is 0.127 e. The molecular weight excluding hydrogens is 321 g/mol. The summed E-state index contributed by atoms with van der Waals surface area (Å²) in [6, 6.07) is 5.36. The molecule has 2 unspecified atom stereocenters. The van der Waals surface area contributed by atoms with Crippen LogP contribution in [-0.4, -0.2) is 25.3 Å². The van der Waals surface area contributed by atoms with E-state index < -0.39 is 0 Å². The first-order chi connectivity index (χ1) is 9.49.